The van der Waals surface area contributed by atoms with Gasteiger partial charge < -0.3 is 9.47 Å². The number of para-hydroxylation sites is 1. The number of rotatable bonds is 7. The summed E-state index contributed by atoms with van der Waals surface area (Å²) in [6.45, 7) is 2.84. The summed E-state index contributed by atoms with van der Waals surface area (Å²) in [6, 6.07) is 12.5. The van der Waals surface area contributed by atoms with Crippen LogP contribution in [0.2, 0.25) is 0 Å². The van der Waals surface area contributed by atoms with Crippen LogP contribution in [-0.4, -0.2) is 27.9 Å². The third kappa shape index (κ3) is 3.62. The molecule has 0 radical (unpaired) electrons. The largest absolute Gasteiger partial charge is 0.454 e. The number of hydrogen-bond donors (Lipinski definition) is 0. The number of carbonyl (C=O) groups is 1. The van der Waals surface area contributed by atoms with Gasteiger partial charge in [-0.25, -0.2) is 4.98 Å². The van der Waals surface area contributed by atoms with Crippen LogP contribution in [-0.2, 0) is 6.54 Å². The van der Waals surface area contributed by atoms with Crippen molar-refractivity contribution in [2.24, 2.45) is 0 Å². The number of thioether (sulfide) groups is 1. The molecule has 0 amide bonds. The molecule has 1 aliphatic rings. The van der Waals surface area contributed by atoms with Crippen LogP contribution < -0.4 is 15.0 Å². The Bertz CT molecular complexity index is 1090. The molecule has 0 unspecified atom stereocenters. The molecule has 3 aromatic rings. The zero-order valence-electron chi connectivity index (χ0n) is 15.5. The van der Waals surface area contributed by atoms with E-state index in [2.05, 4.69) is 11.9 Å². The van der Waals surface area contributed by atoms with Gasteiger partial charge in [0, 0.05) is 12.1 Å². The second-order valence-electron chi connectivity index (χ2n) is 6.50. The number of nitrogens with zero attached hydrogens (tertiary/aromatic N) is 2. The van der Waals surface area contributed by atoms with Crippen LogP contribution in [0.25, 0.3) is 10.9 Å². The number of hydrogen-bond acceptors (Lipinski definition) is 6. The van der Waals surface area contributed by atoms with Crippen molar-refractivity contribution in [2.45, 2.75) is 31.5 Å². The molecule has 0 fully saturated rings. The van der Waals surface area contributed by atoms with E-state index in [1.807, 2.05) is 18.2 Å². The van der Waals surface area contributed by atoms with Gasteiger partial charge in [-0.15, -0.1) is 0 Å². The van der Waals surface area contributed by atoms with Crippen molar-refractivity contribution in [3.8, 4) is 11.5 Å². The van der Waals surface area contributed by atoms with Crippen molar-refractivity contribution in [1.29, 1.82) is 0 Å². The summed E-state index contributed by atoms with van der Waals surface area (Å²) >= 11 is 1.29. The van der Waals surface area contributed by atoms with E-state index < -0.39 is 0 Å². The third-order valence-electron chi connectivity index (χ3n) is 4.59. The first-order valence-corrected chi connectivity index (χ1v) is 10.2. The van der Waals surface area contributed by atoms with Gasteiger partial charge in [0.15, 0.2) is 22.4 Å². The molecule has 2 aromatic carbocycles. The van der Waals surface area contributed by atoms with Gasteiger partial charge in [-0.1, -0.05) is 37.2 Å². The first-order chi connectivity index (χ1) is 13.7. The lowest BCUT2D eigenvalue weighted by Gasteiger charge is -2.12. The topological polar surface area (TPSA) is 70.4 Å². The predicted octanol–water partition coefficient (Wildman–Crippen LogP) is 3.90. The van der Waals surface area contributed by atoms with Gasteiger partial charge in [0.25, 0.3) is 5.56 Å². The first kappa shape index (κ1) is 18.6. The highest BCUT2D eigenvalue weighted by Crippen LogP contribution is 2.33. The van der Waals surface area contributed by atoms with Gasteiger partial charge in [0.05, 0.1) is 16.7 Å². The number of Topliss-reactive ketones (excluding diaryl/α,β-unsaturated/α-hetero) is 1. The molecule has 0 atom stereocenters. The second kappa shape index (κ2) is 8.06. The van der Waals surface area contributed by atoms with E-state index >= 15 is 0 Å². The first-order valence-electron chi connectivity index (χ1n) is 9.22. The summed E-state index contributed by atoms with van der Waals surface area (Å²) < 4.78 is 12.3. The van der Waals surface area contributed by atoms with Crippen LogP contribution in [0, 0.1) is 0 Å². The van der Waals surface area contributed by atoms with Crippen molar-refractivity contribution in [2.75, 3.05) is 12.5 Å². The minimum atomic E-state index is -0.0583. The van der Waals surface area contributed by atoms with Crippen molar-refractivity contribution in [3.05, 3.63) is 58.4 Å². The average Bonchev–Trinajstić information content (AvgIpc) is 3.19. The number of ketones is 1. The Hall–Kier alpha value is -2.80. The van der Waals surface area contributed by atoms with Crippen LogP contribution >= 0.6 is 11.8 Å². The summed E-state index contributed by atoms with van der Waals surface area (Å²) in [5.74, 6) is 1.37. The Balaban J connectivity index is 1.59. The van der Waals surface area contributed by atoms with Gasteiger partial charge in [-0.2, -0.15) is 0 Å². The highest BCUT2D eigenvalue weighted by atomic mass is 32.2. The van der Waals surface area contributed by atoms with Crippen LogP contribution in [0.3, 0.4) is 0 Å². The molecule has 144 valence electrons. The standard InChI is InChI=1S/C21H20N2O4S/c1-2-3-10-23-20(25)15-6-4-5-7-16(15)22-21(23)28-12-17(24)14-8-9-18-19(11-14)27-13-26-18/h4-9,11H,2-3,10,12-13H2,1H3. The number of fused-ring (bicyclic) bond motifs is 2. The van der Waals surface area contributed by atoms with Crippen molar-refractivity contribution in [3.63, 3.8) is 0 Å². The zero-order valence-corrected chi connectivity index (χ0v) is 16.3. The maximum absolute atomic E-state index is 12.9. The second-order valence-corrected chi connectivity index (χ2v) is 7.44. The van der Waals surface area contributed by atoms with Crippen molar-refractivity contribution >= 4 is 28.4 Å². The van der Waals surface area contributed by atoms with Crippen LogP contribution in [0.1, 0.15) is 30.1 Å². The molecule has 0 aliphatic carbocycles. The summed E-state index contributed by atoms with van der Waals surface area (Å²) in [4.78, 5) is 30.2. The van der Waals surface area contributed by atoms with E-state index in [-0.39, 0.29) is 23.9 Å². The lowest BCUT2D eigenvalue weighted by Crippen LogP contribution is -2.23. The minimum Gasteiger partial charge on any atom is -0.454 e. The van der Waals surface area contributed by atoms with Crippen LogP contribution in [0.4, 0.5) is 0 Å². The number of aromatic nitrogens is 2. The summed E-state index contributed by atoms with van der Waals surface area (Å²) in [6.07, 6.45) is 1.85. The van der Waals surface area contributed by atoms with Gasteiger partial charge in [-0.3, -0.25) is 14.2 Å². The molecule has 0 bridgehead atoms. The van der Waals surface area contributed by atoms with E-state index in [1.165, 1.54) is 11.8 Å². The Morgan fingerprint density at radius 1 is 1.18 bits per heavy atom. The molecule has 4 rings (SSSR count). The van der Waals surface area contributed by atoms with Gasteiger partial charge in [0.2, 0.25) is 6.79 Å². The van der Waals surface area contributed by atoms with Gasteiger partial charge >= 0.3 is 0 Å². The highest BCUT2D eigenvalue weighted by Gasteiger charge is 2.18. The maximum Gasteiger partial charge on any atom is 0.262 e. The molecule has 1 aromatic heterocycles. The fourth-order valence-corrected chi connectivity index (χ4v) is 3.97. The Morgan fingerprint density at radius 2 is 2.00 bits per heavy atom. The Morgan fingerprint density at radius 3 is 2.86 bits per heavy atom. The molecule has 1 aliphatic heterocycles. The SMILES string of the molecule is CCCCn1c(SCC(=O)c2ccc3c(c2)OCO3)nc2ccccc2c1=O. The van der Waals surface area contributed by atoms with E-state index in [0.29, 0.717) is 39.7 Å². The molecular formula is C21H20N2O4S. The fourth-order valence-electron chi connectivity index (χ4n) is 3.05. The van der Waals surface area contributed by atoms with E-state index in [0.717, 1.165) is 12.8 Å². The Labute approximate surface area is 166 Å². The molecule has 0 N–H and O–H groups in total. The maximum atomic E-state index is 12.9. The molecule has 6 nitrogen and oxygen atoms in total. The molecule has 28 heavy (non-hydrogen) atoms. The van der Waals surface area contributed by atoms with Gasteiger partial charge in [-0.05, 0) is 36.8 Å². The zero-order chi connectivity index (χ0) is 19.5. The quantitative estimate of drug-likeness (QED) is 0.343. The monoisotopic (exact) mass is 396 g/mol. The third-order valence-corrected chi connectivity index (χ3v) is 5.57. The number of ether oxygens (including phenoxy) is 2. The molecule has 0 spiro atoms. The van der Waals surface area contributed by atoms with E-state index in [9.17, 15) is 9.59 Å². The molecule has 2 heterocycles. The summed E-state index contributed by atoms with van der Waals surface area (Å²) in [5.41, 5.74) is 1.15. The smallest absolute Gasteiger partial charge is 0.262 e. The number of carbonyl (C=O) groups excluding carboxylic acids is 1. The Kier molecular flexibility index (Phi) is 5.34. The summed E-state index contributed by atoms with van der Waals surface area (Å²) in [5, 5.41) is 1.18. The molecule has 0 saturated heterocycles. The molecule has 7 heteroatoms. The van der Waals surface area contributed by atoms with Crippen molar-refractivity contribution < 1.29 is 14.3 Å². The average molecular weight is 396 g/mol. The van der Waals surface area contributed by atoms with Crippen molar-refractivity contribution in [1.82, 2.24) is 9.55 Å². The van der Waals surface area contributed by atoms with E-state index in [4.69, 9.17) is 9.47 Å². The van der Waals surface area contributed by atoms with Crippen LogP contribution in [0.5, 0.6) is 11.5 Å². The lowest BCUT2D eigenvalue weighted by molar-refractivity contribution is 0.102. The summed E-state index contributed by atoms with van der Waals surface area (Å²) in [7, 11) is 0. The molecular weight excluding hydrogens is 376 g/mol. The number of benzene rings is 2. The normalized spacial score (nSPS) is 12.5. The highest BCUT2D eigenvalue weighted by molar-refractivity contribution is 7.99. The minimum absolute atomic E-state index is 0.0484. The number of unbranched alkanes of at least 4 members (excludes halogenated alkanes) is 1. The van der Waals surface area contributed by atoms with Gasteiger partial charge in [0.1, 0.15) is 0 Å². The predicted molar refractivity (Wildman–Crippen MR) is 109 cm³/mol. The molecule has 0 saturated carbocycles. The van der Waals surface area contributed by atoms with E-state index in [1.54, 1.807) is 28.8 Å². The van der Waals surface area contributed by atoms with Crippen LogP contribution in [0.15, 0.2) is 52.4 Å². The lowest BCUT2D eigenvalue weighted by atomic mass is 10.1. The fraction of sp³-hybridized carbons (Fsp3) is 0.286.